The molecule has 0 saturated heterocycles. The predicted molar refractivity (Wildman–Crippen MR) is 97.9 cm³/mol. The summed E-state index contributed by atoms with van der Waals surface area (Å²) in [5.41, 5.74) is 0.249. The lowest BCUT2D eigenvalue weighted by molar-refractivity contribution is 0.467. The molecule has 2 rings (SSSR count). The molecule has 0 atom stereocenters. The number of sulfonamides is 1. The summed E-state index contributed by atoms with van der Waals surface area (Å²) in [6.07, 6.45) is 1.00. The molecular formula is C16H22FN3O5S2. The highest BCUT2D eigenvalue weighted by Crippen LogP contribution is 2.28. The molecule has 0 bridgehead atoms. The molecule has 0 aliphatic rings. The fourth-order valence-corrected chi connectivity index (χ4v) is 4.35. The molecule has 150 valence electrons. The molecule has 0 spiro atoms. The molecule has 0 unspecified atom stereocenters. The summed E-state index contributed by atoms with van der Waals surface area (Å²) >= 11 is 0. The van der Waals surface area contributed by atoms with E-state index in [-0.39, 0.29) is 41.3 Å². The van der Waals surface area contributed by atoms with Crippen LogP contribution in [0.25, 0.3) is 0 Å². The highest BCUT2D eigenvalue weighted by atomic mass is 32.2. The number of aromatic nitrogens is 2. The minimum absolute atomic E-state index is 0.163. The third-order valence-corrected chi connectivity index (χ3v) is 5.60. The normalized spacial score (nSPS) is 12.5. The molecule has 1 aromatic heterocycles. The summed E-state index contributed by atoms with van der Waals surface area (Å²) in [7, 11) is -7.81. The molecule has 0 aliphatic heterocycles. The highest BCUT2D eigenvalue weighted by Gasteiger charge is 2.31. The second kappa shape index (κ2) is 7.95. The number of imidazole rings is 1. The van der Waals surface area contributed by atoms with Crippen molar-refractivity contribution in [3.05, 3.63) is 41.6 Å². The van der Waals surface area contributed by atoms with Crippen LogP contribution in [0.2, 0.25) is 0 Å². The van der Waals surface area contributed by atoms with E-state index in [2.05, 4.69) is 9.71 Å². The first-order chi connectivity index (χ1) is 12.4. The highest BCUT2D eigenvalue weighted by molar-refractivity contribution is 7.88. The maximum absolute atomic E-state index is 13.4. The third kappa shape index (κ3) is 5.27. The Morgan fingerprint density at radius 3 is 2.44 bits per heavy atom. The van der Waals surface area contributed by atoms with Crippen LogP contribution < -0.4 is 8.91 Å². The van der Waals surface area contributed by atoms with Gasteiger partial charge in [0, 0.05) is 12.6 Å². The second-order valence-corrected chi connectivity index (χ2v) is 9.50. The van der Waals surface area contributed by atoms with Gasteiger partial charge in [-0.25, -0.2) is 22.5 Å². The van der Waals surface area contributed by atoms with Crippen molar-refractivity contribution in [2.24, 2.45) is 0 Å². The molecule has 1 N–H and O–H groups in total. The van der Waals surface area contributed by atoms with Crippen LogP contribution in [0.15, 0.2) is 29.3 Å². The maximum Gasteiger partial charge on any atom is 0.357 e. The Morgan fingerprint density at radius 2 is 1.93 bits per heavy atom. The van der Waals surface area contributed by atoms with Crippen molar-refractivity contribution in [3.63, 3.8) is 0 Å². The van der Waals surface area contributed by atoms with Gasteiger partial charge in [-0.2, -0.15) is 8.42 Å². The molecular weight excluding hydrogens is 397 g/mol. The van der Waals surface area contributed by atoms with Crippen molar-refractivity contribution in [2.75, 3.05) is 6.26 Å². The summed E-state index contributed by atoms with van der Waals surface area (Å²) < 4.78 is 70.7. The minimum Gasteiger partial charge on any atom is -0.378 e. The molecule has 1 heterocycles. The van der Waals surface area contributed by atoms with E-state index in [1.165, 1.54) is 22.8 Å². The molecule has 0 amide bonds. The minimum atomic E-state index is -4.32. The van der Waals surface area contributed by atoms with Crippen LogP contribution in [0.3, 0.4) is 0 Å². The quantitative estimate of drug-likeness (QED) is 0.656. The van der Waals surface area contributed by atoms with Gasteiger partial charge in [0.25, 0.3) is 0 Å². The SMILES string of the molecule is CCn1c(CNS(C)(=O)=O)nc(C(C)C)c1S(=O)(=O)Oc1cccc(F)c1. The van der Waals surface area contributed by atoms with Crippen molar-refractivity contribution in [2.45, 2.75) is 44.8 Å². The predicted octanol–water partition coefficient (Wildman–Crippen LogP) is 1.98. The van der Waals surface area contributed by atoms with Crippen LogP contribution in [-0.4, -0.2) is 32.6 Å². The van der Waals surface area contributed by atoms with Gasteiger partial charge in [-0.1, -0.05) is 19.9 Å². The van der Waals surface area contributed by atoms with Gasteiger partial charge >= 0.3 is 10.1 Å². The molecule has 1 aromatic carbocycles. The lowest BCUT2D eigenvalue weighted by atomic mass is 10.1. The molecule has 0 saturated carbocycles. The number of nitrogens with one attached hydrogen (secondary N) is 1. The Hall–Kier alpha value is -1.98. The van der Waals surface area contributed by atoms with Crippen LogP contribution in [0.5, 0.6) is 5.75 Å². The van der Waals surface area contributed by atoms with E-state index < -0.39 is 26.0 Å². The van der Waals surface area contributed by atoms with Crippen LogP contribution in [-0.2, 0) is 33.2 Å². The maximum atomic E-state index is 13.4. The Balaban J connectivity index is 2.54. The van der Waals surface area contributed by atoms with E-state index in [0.29, 0.717) is 0 Å². The van der Waals surface area contributed by atoms with Gasteiger partial charge < -0.3 is 8.75 Å². The first-order valence-electron chi connectivity index (χ1n) is 8.18. The number of rotatable bonds is 8. The zero-order valence-electron chi connectivity index (χ0n) is 15.4. The lowest BCUT2D eigenvalue weighted by Crippen LogP contribution is -2.24. The molecule has 11 heteroatoms. The molecule has 8 nitrogen and oxygen atoms in total. The lowest BCUT2D eigenvalue weighted by Gasteiger charge is -2.13. The fourth-order valence-electron chi connectivity index (χ4n) is 2.48. The van der Waals surface area contributed by atoms with Gasteiger partial charge in [-0.15, -0.1) is 0 Å². The van der Waals surface area contributed by atoms with Gasteiger partial charge in [0.05, 0.1) is 18.5 Å². The Bertz CT molecular complexity index is 1030. The van der Waals surface area contributed by atoms with Crippen LogP contribution >= 0.6 is 0 Å². The summed E-state index contributed by atoms with van der Waals surface area (Å²) in [6.45, 7) is 5.29. The Kier molecular flexibility index (Phi) is 6.28. The first kappa shape index (κ1) is 21.3. The van der Waals surface area contributed by atoms with Crippen LogP contribution in [0.4, 0.5) is 4.39 Å². The number of benzene rings is 1. The zero-order valence-corrected chi connectivity index (χ0v) is 17.1. The van der Waals surface area contributed by atoms with Crippen LogP contribution in [0.1, 0.15) is 38.2 Å². The third-order valence-electron chi connectivity index (χ3n) is 3.62. The van der Waals surface area contributed by atoms with Gasteiger partial charge in [-0.05, 0) is 25.0 Å². The standard InChI is InChI=1S/C16H22FN3O5S2/c1-5-20-14(10-18-26(4,21)22)19-15(11(2)3)16(20)27(23,24)25-13-8-6-7-12(17)9-13/h6-9,11,18H,5,10H2,1-4H3. The van der Waals surface area contributed by atoms with Crippen LogP contribution in [0, 0.1) is 5.82 Å². The molecule has 27 heavy (non-hydrogen) atoms. The van der Waals surface area contributed by atoms with Gasteiger partial charge in [0.1, 0.15) is 17.4 Å². The molecule has 0 fully saturated rings. The van der Waals surface area contributed by atoms with E-state index in [1.54, 1.807) is 20.8 Å². The van der Waals surface area contributed by atoms with Gasteiger partial charge in [0.15, 0.2) is 5.03 Å². The van der Waals surface area contributed by atoms with E-state index >= 15 is 0 Å². The zero-order chi connectivity index (χ0) is 20.4. The van der Waals surface area contributed by atoms with Crippen molar-refractivity contribution in [3.8, 4) is 5.75 Å². The van der Waals surface area contributed by atoms with E-state index in [9.17, 15) is 21.2 Å². The summed E-state index contributed by atoms with van der Waals surface area (Å²) in [6, 6.07) is 4.80. The molecule has 0 radical (unpaired) electrons. The van der Waals surface area contributed by atoms with Crippen molar-refractivity contribution >= 4 is 20.1 Å². The molecule has 0 aliphatic carbocycles. The number of nitrogens with zero attached hydrogens (tertiary/aromatic N) is 2. The average molecular weight is 420 g/mol. The monoisotopic (exact) mass is 419 g/mol. The smallest absolute Gasteiger partial charge is 0.357 e. The first-order valence-corrected chi connectivity index (χ1v) is 11.5. The fraction of sp³-hybridized carbons (Fsp3) is 0.438. The Morgan fingerprint density at radius 1 is 1.26 bits per heavy atom. The summed E-state index contributed by atoms with van der Waals surface area (Å²) in [4.78, 5) is 4.31. The van der Waals surface area contributed by atoms with Crippen molar-refractivity contribution in [1.29, 1.82) is 0 Å². The van der Waals surface area contributed by atoms with E-state index in [4.69, 9.17) is 4.18 Å². The largest absolute Gasteiger partial charge is 0.378 e. The number of hydrogen-bond acceptors (Lipinski definition) is 6. The topological polar surface area (TPSA) is 107 Å². The average Bonchev–Trinajstić information content (AvgIpc) is 2.91. The van der Waals surface area contributed by atoms with E-state index in [0.717, 1.165) is 12.3 Å². The van der Waals surface area contributed by atoms with E-state index in [1.807, 2.05) is 0 Å². The van der Waals surface area contributed by atoms with Gasteiger partial charge in [0.2, 0.25) is 10.0 Å². The summed E-state index contributed by atoms with van der Waals surface area (Å²) in [5.74, 6) is -0.818. The molecule has 2 aromatic rings. The Labute approximate surface area is 158 Å². The van der Waals surface area contributed by atoms with Crippen molar-refractivity contribution in [1.82, 2.24) is 14.3 Å². The number of halogens is 1. The second-order valence-electron chi connectivity index (χ2n) is 6.21. The van der Waals surface area contributed by atoms with Gasteiger partial charge in [-0.3, -0.25) is 0 Å². The van der Waals surface area contributed by atoms with Crippen molar-refractivity contribution < 1.29 is 25.4 Å². The number of hydrogen-bond donors (Lipinski definition) is 1. The summed E-state index contributed by atoms with van der Waals surface area (Å²) in [5, 5.41) is -0.172.